The summed E-state index contributed by atoms with van der Waals surface area (Å²) in [6.45, 7) is 10.3. The highest BCUT2D eigenvalue weighted by atomic mass is 19.1. The fourth-order valence-corrected chi connectivity index (χ4v) is 4.11. The number of hydrogen-bond donors (Lipinski definition) is 2. The number of allylic oxidation sites excluding steroid dienone is 3. The molecule has 1 saturated heterocycles. The summed E-state index contributed by atoms with van der Waals surface area (Å²) in [7, 11) is 0. The Bertz CT molecular complexity index is 983. The molecule has 4 heterocycles. The first kappa shape index (κ1) is 21.0. The van der Waals surface area contributed by atoms with Crippen molar-refractivity contribution in [3.63, 3.8) is 0 Å². The maximum atomic E-state index is 13.5. The summed E-state index contributed by atoms with van der Waals surface area (Å²) in [5.74, 6) is 0.532. The number of pyridine rings is 1. The van der Waals surface area contributed by atoms with Crippen LogP contribution in [0.1, 0.15) is 19.5 Å². The Morgan fingerprint density at radius 2 is 2.19 bits per heavy atom. The third-order valence-electron chi connectivity index (χ3n) is 5.79. The van der Waals surface area contributed by atoms with Crippen molar-refractivity contribution < 1.29 is 9.18 Å². The summed E-state index contributed by atoms with van der Waals surface area (Å²) in [6.07, 6.45) is 7.31. The second kappa shape index (κ2) is 8.85. The molecule has 31 heavy (non-hydrogen) atoms. The van der Waals surface area contributed by atoms with Gasteiger partial charge < -0.3 is 10.6 Å². The van der Waals surface area contributed by atoms with E-state index in [2.05, 4.69) is 34.0 Å². The number of fused-ring (bicyclic) bond motifs is 1. The highest BCUT2D eigenvalue weighted by molar-refractivity contribution is 6.08. The third-order valence-corrected chi connectivity index (χ3v) is 5.79. The van der Waals surface area contributed by atoms with E-state index in [1.165, 1.54) is 12.2 Å². The van der Waals surface area contributed by atoms with Crippen LogP contribution in [-0.2, 0) is 11.3 Å². The van der Waals surface area contributed by atoms with Crippen LogP contribution in [0.5, 0.6) is 0 Å². The number of carbonyl (C=O) groups excluding carboxylic acids is 1. The van der Waals surface area contributed by atoms with Crippen LogP contribution in [0.4, 0.5) is 4.39 Å². The number of likely N-dealkylation sites (tertiary alicyclic amines) is 1. The lowest BCUT2D eigenvalue weighted by Crippen LogP contribution is -2.49. The van der Waals surface area contributed by atoms with Crippen LogP contribution in [0.15, 0.2) is 77.6 Å². The van der Waals surface area contributed by atoms with E-state index in [-0.39, 0.29) is 17.7 Å². The zero-order valence-electron chi connectivity index (χ0n) is 17.8. The largest absolute Gasteiger partial charge is 0.364 e. The van der Waals surface area contributed by atoms with Crippen molar-refractivity contribution in [1.82, 2.24) is 25.5 Å². The molecule has 1 aromatic rings. The fourth-order valence-electron chi connectivity index (χ4n) is 4.11. The Morgan fingerprint density at radius 1 is 1.35 bits per heavy atom. The molecule has 0 saturated carbocycles. The summed E-state index contributed by atoms with van der Waals surface area (Å²) >= 11 is 0. The first-order valence-electron chi connectivity index (χ1n) is 10.4. The SMILES string of the molecule is C=C(/C=C\C(F)=C/C)[C@@H]1NC=C2C(=O)NC(C3CN(Cc4ccccn4)CC3C)=NN21. The van der Waals surface area contributed by atoms with E-state index in [4.69, 9.17) is 5.10 Å². The van der Waals surface area contributed by atoms with E-state index >= 15 is 0 Å². The predicted octanol–water partition coefficient (Wildman–Crippen LogP) is 2.65. The van der Waals surface area contributed by atoms with E-state index < -0.39 is 6.17 Å². The van der Waals surface area contributed by atoms with Gasteiger partial charge in [-0.2, -0.15) is 5.10 Å². The average Bonchev–Trinajstić information content (AvgIpc) is 3.36. The van der Waals surface area contributed by atoms with Gasteiger partial charge in [-0.3, -0.25) is 14.7 Å². The highest BCUT2D eigenvalue weighted by Crippen LogP contribution is 2.29. The minimum absolute atomic E-state index is 0.0970. The summed E-state index contributed by atoms with van der Waals surface area (Å²) in [5, 5.41) is 12.5. The van der Waals surface area contributed by atoms with Gasteiger partial charge in [-0.25, -0.2) is 9.40 Å². The zero-order chi connectivity index (χ0) is 22.0. The molecular weight excluding hydrogens is 395 g/mol. The monoisotopic (exact) mass is 422 g/mol. The van der Waals surface area contributed by atoms with Crippen LogP contribution in [0.3, 0.4) is 0 Å². The van der Waals surface area contributed by atoms with E-state index in [1.807, 2.05) is 18.2 Å². The normalized spacial score (nSPS) is 26.4. The van der Waals surface area contributed by atoms with Crippen LogP contribution in [0, 0.1) is 11.8 Å². The zero-order valence-corrected chi connectivity index (χ0v) is 17.8. The molecule has 3 aliphatic rings. The van der Waals surface area contributed by atoms with Crippen molar-refractivity contribution in [2.45, 2.75) is 26.6 Å². The van der Waals surface area contributed by atoms with Gasteiger partial charge in [0.25, 0.3) is 5.91 Å². The van der Waals surface area contributed by atoms with Crippen LogP contribution < -0.4 is 10.6 Å². The van der Waals surface area contributed by atoms with Gasteiger partial charge in [-0.05, 0) is 36.6 Å². The molecule has 1 fully saturated rings. The molecule has 3 aliphatic heterocycles. The number of amidine groups is 1. The molecule has 8 heteroatoms. The van der Waals surface area contributed by atoms with E-state index in [1.54, 1.807) is 30.4 Å². The van der Waals surface area contributed by atoms with Crippen molar-refractivity contribution in [3.05, 3.63) is 78.2 Å². The van der Waals surface area contributed by atoms with Gasteiger partial charge in [-0.1, -0.05) is 31.7 Å². The summed E-state index contributed by atoms with van der Waals surface area (Å²) in [6, 6.07) is 5.92. The number of nitrogens with one attached hydrogen (secondary N) is 2. The minimum atomic E-state index is -0.432. The molecule has 0 spiro atoms. The minimum Gasteiger partial charge on any atom is -0.364 e. The number of aromatic nitrogens is 1. The van der Waals surface area contributed by atoms with Crippen molar-refractivity contribution in [2.24, 2.45) is 16.9 Å². The van der Waals surface area contributed by atoms with Crippen LogP contribution in [-0.4, -0.2) is 45.9 Å². The number of rotatable bonds is 6. The molecule has 0 aromatic carbocycles. The fraction of sp³-hybridized carbons (Fsp3) is 0.348. The smallest absolute Gasteiger partial charge is 0.276 e. The summed E-state index contributed by atoms with van der Waals surface area (Å²) < 4.78 is 13.5. The Morgan fingerprint density at radius 3 is 2.94 bits per heavy atom. The average molecular weight is 423 g/mol. The highest BCUT2D eigenvalue weighted by Gasteiger charge is 2.40. The molecule has 0 radical (unpaired) electrons. The first-order valence-corrected chi connectivity index (χ1v) is 10.4. The Hall–Kier alpha value is -3.26. The Kier molecular flexibility index (Phi) is 5.99. The molecule has 162 valence electrons. The summed E-state index contributed by atoms with van der Waals surface area (Å²) in [4.78, 5) is 19.5. The molecule has 3 atom stereocenters. The van der Waals surface area contributed by atoms with Crippen LogP contribution in [0.25, 0.3) is 0 Å². The molecule has 1 aromatic heterocycles. The van der Waals surface area contributed by atoms with Gasteiger partial charge in [0.1, 0.15) is 23.5 Å². The molecule has 2 unspecified atom stereocenters. The molecule has 0 aliphatic carbocycles. The quantitative estimate of drug-likeness (QED) is 0.690. The van der Waals surface area contributed by atoms with Gasteiger partial charge >= 0.3 is 0 Å². The van der Waals surface area contributed by atoms with E-state index in [0.29, 0.717) is 23.0 Å². The number of nitrogens with zero attached hydrogens (tertiary/aromatic N) is 4. The molecule has 4 rings (SSSR count). The molecule has 1 amide bonds. The van der Waals surface area contributed by atoms with Gasteiger partial charge in [0.05, 0.1) is 5.69 Å². The standard InChI is InChI=1S/C23H27FN6O/c1-4-17(24)9-8-15(2)22-26-11-20-23(31)27-21(28-30(20)22)19-14-29(12-16(19)3)13-18-7-5-6-10-25-18/h4-11,16,19,22,26H,2,12-14H2,1,3H3,(H,27,28,31)/b9-8-,17-4+/t16?,19?,22-/m1/s1. The second-order valence-corrected chi connectivity index (χ2v) is 8.06. The molecule has 7 nitrogen and oxygen atoms in total. The van der Waals surface area contributed by atoms with E-state index in [9.17, 15) is 9.18 Å². The maximum Gasteiger partial charge on any atom is 0.276 e. The molecule has 2 N–H and O–H groups in total. The number of amides is 1. The lowest BCUT2D eigenvalue weighted by molar-refractivity contribution is -0.118. The van der Waals surface area contributed by atoms with Crippen LogP contribution in [0.2, 0.25) is 0 Å². The lowest BCUT2D eigenvalue weighted by atomic mass is 9.96. The van der Waals surface area contributed by atoms with Crippen LogP contribution >= 0.6 is 0 Å². The number of hydrogen-bond acceptors (Lipinski definition) is 6. The van der Waals surface area contributed by atoms with Gasteiger partial charge in [0.2, 0.25) is 0 Å². The Labute approximate surface area is 181 Å². The molecule has 0 bridgehead atoms. The van der Waals surface area contributed by atoms with Gasteiger partial charge in [0, 0.05) is 37.9 Å². The summed E-state index contributed by atoms with van der Waals surface area (Å²) in [5.41, 5.74) is 2.05. The maximum absolute atomic E-state index is 13.5. The van der Waals surface area contributed by atoms with Crippen molar-refractivity contribution >= 4 is 11.7 Å². The Balaban J connectivity index is 1.50. The number of carbonyl (C=O) groups is 1. The molecular formula is C23H27FN6O. The van der Waals surface area contributed by atoms with E-state index in [0.717, 1.165) is 25.3 Å². The van der Waals surface area contributed by atoms with Crippen molar-refractivity contribution in [3.8, 4) is 0 Å². The first-order chi connectivity index (χ1) is 15.0. The van der Waals surface area contributed by atoms with Crippen molar-refractivity contribution in [2.75, 3.05) is 13.1 Å². The third kappa shape index (κ3) is 4.44. The van der Waals surface area contributed by atoms with Crippen molar-refractivity contribution in [1.29, 1.82) is 0 Å². The van der Waals surface area contributed by atoms with Gasteiger partial charge in [0.15, 0.2) is 0 Å². The second-order valence-electron chi connectivity index (χ2n) is 8.06. The van der Waals surface area contributed by atoms with Gasteiger partial charge in [-0.15, -0.1) is 0 Å². The predicted molar refractivity (Wildman–Crippen MR) is 118 cm³/mol. The topological polar surface area (TPSA) is 72.9 Å². The number of halogens is 1. The number of hydrazone groups is 1. The lowest BCUT2D eigenvalue weighted by Gasteiger charge is -2.31.